The first-order valence-electron chi connectivity index (χ1n) is 5.46. The third kappa shape index (κ3) is 8.81. The van der Waals surface area contributed by atoms with Gasteiger partial charge in [-0.05, 0) is 18.8 Å². The molecular formula is C11H24O4. The average Bonchev–Trinajstić information content (AvgIpc) is 2.25. The van der Waals surface area contributed by atoms with Crippen LogP contribution in [-0.2, 0) is 14.2 Å². The predicted molar refractivity (Wildman–Crippen MR) is 59.0 cm³/mol. The highest BCUT2D eigenvalue weighted by molar-refractivity contribution is 4.63. The molecule has 0 saturated heterocycles. The molecule has 0 aromatic carbocycles. The van der Waals surface area contributed by atoms with Crippen molar-refractivity contribution in [2.24, 2.45) is 5.92 Å². The van der Waals surface area contributed by atoms with E-state index in [9.17, 15) is 5.11 Å². The van der Waals surface area contributed by atoms with Gasteiger partial charge in [-0.3, -0.25) is 0 Å². The topological polar surface area (TPSA) is 47.9 Å². The van der Waals surface area contributed by atoms with Crippen LogP contribution >= 0.6 is 0 Å². The lowest BCUT2D eigenvalue weighted by Crippen LogP contribution is -2.21. The molecule has 0 bridgehead atoms. The molecule has 0 heterocycles. The first-order valence-corrected chi connectivity index (χ1v) is 5.46. The van der Waals surface area contributed by atoms with Crippen LogP contribution in [0.3, 0.4) is 0 Å². The van der Waals surface area contributed by atoms with Crippen molar-refractivity contribution in [2.45, 2.75) is 25.9 Å². The van der Waals surface area contributed by atoms with Crippen LogP contribution in [0.5, 0.6) is 0 Å². The summed E-state index contributed by atoms with van der Waals surface area (Å²) >= 11 is 0. The molecule has 1 N–H and O–H groups in total. The van der Waals surface area contributed by atoms with Gasteiger partial charge in [0.15, 0.2) is 0 Å². The molecule has 0 aliphatic heterocycles. The molecule has 0 aliphatic carbocycles. The number of methoxy groups -OCH3 is 2. The Morgan fingerprint density at radius 3 is 2.20 bits per heavy atom. The maximum absolute atomic E-state index is 9.73. The average molecular weight is 220 g/mol. The molecule has 2 unspecified atom stereocenters. The monoisotopic (exact) mass is 220 g/mol. The standard InChI is InChI=1S/C11H24O4/c1-10(4-6-13-2)11(12)5-7-15-9-8-14-3/h10-12H,4-9H2,1-3H3. The van der Waals surface area contributed by atoms with Crippen LogP contribution in [0.4, 0.5) is 0 Å². The number of aliphatic hydroxyl groups is 1. The highest BCUT2D eigenvalue weighted by Crippen LogP contribution is 2.11. The van der Waals surface area contributed by atoms with Crippen molar-refractivity contribution >= 4 is 0 Å². The minimum atomic E-state index is -0.303. The summed E-state index contributed by atoms with van der Waals surface area (Å²) in [5.74, 6) is 0.260. The summed E-state index contributed by atoms with van der Waals surface area (Å²) < 4.78 is 15.1. The van der Waals surface area contributed by atoms with E-state index < -0.39 is 0 Å². The Morgan fingerprint density at radius 1 is 0.933 bits per heavy atom. The second kappa shape index (κ2) is 10.4. The quantitative estimate of drug-likeness (QED) is 0.560. The fraction of sp³-hybridized carbons (Fsp3) is 1.00. The highest BCUT2D eigenvalue weighted by atomic mass is 16.5. The lowest BCUT2D eigenvalue weighted by atomic mass is 9.99. The number of ether oxygens (including phenoxy) is 3. The van der Waals surface area contributed by atoms with E-state index in [0.29, 0.717) is 32.8 Å². The van der Waals surface area contributed by atoms with Crippen molar-refractivity contribution in [3.05, 3.63) is 0 Å². The summed E-state index contributed by atoms with van der Waals surface area (Å²) in [7, 11) is 3.32. The van der Waals surface area contributed by atoms with Gasteiger partial charge in [-0.15, -0.1) is 0 Å². The van der Waals surface area contributed by atoms with E-state index in [4.69, 9.17) is 14.2 Å². The Kier molecular flexibility index (Phi) is 10.3. The maximum Gasteiger partial charge on any atom is 0.0700 e. The van der Waals surface area contributed by atoms with Crippen molar-refractivity contribution in [3.63, 3.8) is 0 Å². The van der Waals surface area contributed by atoms with E-state index in [1.54, 1.807) is 14.2 Å². The summed E-state index contributed by atoms with van der Waals surface area (Å²) in [5.41, 5.74) is 0. The lowest BCUT2D eigenvalue weighted by molar-refractivity contribution is 0.0277. The molecule has 0 saturated carbocycles. The summed E-state index contributed by atoms with van der Waals surface area (Å²) in [6, 6.07) is 0. The van der Waals surface area contributed by atoms with Gasteiger partial charge >= 0.3 is 0 Å². The first-order chi connectivity index (χ1) is 7.22. The molecule has 0 aromatic heterocycles. The van der Waals surface area contributed by atoms with Gasteiger partial charge in [0, 0.05) is 27.4 Å². The molecule has 15 heavy (non-hydrogen) atoms. The largest absolute Gasteiger partial charge is 0.393 e. The second-order valence-corrected chi connectivity index (χ2v) is 3.72. The molecule has 0 aromatic rings. The number of aliphatic hydroxyl groups excluding tert-OH is 1. The predicted octanol–water partition coefficient (Wildman–Crippen LogP) is 1.07. The zero-order chi connectivity index (χ0) is 11.5. The molecular weight excluding hydrogens is 196 g/mol. The van der Waals surface area contributed by atoms with Crippen molar-refractivity contribution in [3.8, 4) is 0 Å². The summed E-state index contributed by atoms with van der Waals surface area (Å²) in [4.78, 5) is 0. The van der Waals surface area contributed by atoms with E-state index in [1.807, 2.05) is 6.92 Å². The van der Waals surface area contributed by atoms with Gasteiger partial charge in [-0.1, -0.05) is 6.92 Å². The number of rotatable bonds is 10. The first kappa shape index (κ1) is 14.8. The van der Waals surface area contributed by atoms with E-state index >= 15 is 0 Å². The maximum atomic E-state index is 9.73. The lowest BCUT2D eigenvalue weighted by Gasteiger charge is -2.18. The molecule has 0 amide bonds. The molecule has 0 fully saturated rings. The van der Waals surface area contributed by atoms with Gasteiger partial charge in [-0.25, -0.2) is 0 Å². The summed E-state index contributed by atoms with van der Waals surface area (Å²) in [6.45, 7) is 4.51. The Bertz CT molecular complexity index is 130. The van der Waals surface area contributed by atoms with Crippen LogP contribution < -0.4 is 0 Å². The van der Waals surface area contributed by atoms with E-state index in [2.05, 4.69) is 0 Å². The summed E-state index contributed by atoms with van der Waals surface area (Å²) in [5, 5.41) is 9.73. The Balaban J connectivity index is 3.34. The second-order valence-electron chi connectivity index (χ2n) is 3.72. The Morgan fingerprint density at radius 2 is 1.60 bits per heavy atom. The highest BCUT2D eigenvalue weighted by Gasteiger charge is 2.13. The molecule has 0 radical (unpaired) electrons. The van der Waals surface area contributed by atoms with Gasteiger partial charge in [0.25, 0.3) is 0 Å². The molecule has 0 rings (SSSR count). The van der Waals surface area contributed by atoms with E-state index in [1.165, 1.54) is 0 Å². The van der Waals surface area contributed by atoms with E-state index in [-0.39, 0.29) is 12.0 Å². The van der Waals surface area contributed by atoms with Gasteiger partial charge < -0.3 is 19.3 Å². The molecule has 0 aliphatic rings. The van der Waals surface area contributed by atoms with Gasteiger partial charge in [0.1, 0.15) is 0 Å². The van der Waals surface area contributed by atoms with Crippen LogP contribution in [0, 0.1) is 5.92 Å². The van der Waals surface area contributed by atoms with E-state index in [0.717, 1.165) is 6.42 Å². The molecule has 92 valence electrons. The minimum Gasteiger partial charge on any atom is -0.393 e. The molecule has 2 atom stereocenters. The van der Waals surface area contributed by atoms with Crippen LogP contribution in [-0.4, -0.2) is 51.9 Å². The summed E-state index contributed by atoms with van der Waals surface area (Å²) in [6.07, 6.45) is 1.26. The van der Waals surface area contributed by atoms with Crippen LogP contribution in [0.15, 0.2) is 0 Å². The van der Waals surface area contributed by atoms with Crippen molar-refractivity contribution in [1.82, 2.24) is 0 Å². The fourth-order valence-electron chi connectivity index (χ4n) is 1.23. The zero-order valence-electron chi connectivity index (χ0n) is 10.1. The van der Waals surface area contributed by atoms with Crippen molar-refractivity contribution in [2.75, 3.05) is 40.6 Å². The third-order valence-electron chi connectivity index (χ3n) is 2.42. The number of hydrogen-bond acceptors (Lipinski definition) is 4. The molecule has 4 heteroatoms. The van der Waals surface area contributed by atoms with Crippen molar-refractivity contribution < 1.29 is 19.3 Å². The van der Waals surface area contributed by atoms with Gasteiger partial charge in [0.2, 0.25) is 0 Å². The fourth-order valence-corrected chi connectivity index (χ4v) is 1.23. The van der Waals surface area contributed by atoms with Crippen LogP contribution in [0.25, 0.3) is 0 Å². The molecule has 0 spiro atoms. The third-order valence-corrected chi connectivity index (χ3v) is 2.42. The SMILES string of the molecule is COCCOCCC(O)C(C)CCOC. The number of hydrogen-bond donors (Lipinski definition) is 1. The normalized spacial score (nSPS) is 15.2. The minimum absolute atomic E-state index is 0.260. The van der Waals surface area contributed by atoms with Gasteiger partial charge in [0.05, 0.1) is 19.3 Å². The molecule has 4 nitrogen and oxygen atoms in total. The smallest absolute Gasteiger partial charge is 0.0700 e. The zero-order valence-corrected chi connectivity index (χ0v) is 10.1. The van der Waals surface area contributed by atoms with Gasteiger partial charge in [-0.2, -0.15) is 0 Å². The van der Waals surface area contributed by atoms with Crippen LogP contribution in [0.1, 0.15) is 19.8 Å². The Labute approximate surface area is 92.5 Å². The van der Waals surface area contributed by atoms with Crippen LogP contribution in [0.2, 0.25) is 0 Å². The Hall–Kier alpha value is -0.160. The van der Waals surface area contributed by atoms with Crippen molar-refractivity contribution in [1.29, 1.82) is 0 Å².